The molecule has 4 aromatic rings. The number of anilines is 1. The maximum Gasteiger partial charge on any atom is 0.255 e. The molecule has 1 amide bonds. The number of hydrogen-bond acceptors (Lipinski definition) is 3. The van der Waals surface area contributed by atoms with Gasteiger partial charge >= 0.3 is 0 Å². The number of nitrogens with zero attached hydrogens (tertiary/aromatic N) is 2. The van der Waals surface area contributed by atoms with Crippen LogP contribution in [0.1, 0.15) is 21.5 Å². The van der Waals surface area contributed by atoms with Crippen LogP contribution in [0, 0.1) is 0 Å². The molecule has 0 radical (unpaired) electrons. The number of halogens is 4. The number of ether oxygens (including phenoxy) is 1. The zero-order valence-corrected chi connectivity index (χ0v) is 20.1. The number of nitrogens with one attached hydrogen (secondary N) is 1. The average Bonchev–Trinajstić information content (AvgIpc) is 3.19. The van der Waals surface area contributed by atoms with Gasteiger partial charge < -0.3 is 10.1 Å². The minimum Gasteiger partial charge on any atom is -0.486 e. The van der Waals surface area contributed by atoms with Gasteiger partial charge in [0.2, 0.25) is 0 Å². The van der Waals surface area contributed by atoms with Gasteiger partial charge in [0.05, 0.1) is 28.5 Å². The molecule has 1 aromatic heterocycles. The van der Waals surface area contributed by atoms with E-state index in [1.165, 1.54) is 0 Å². The summed E-state index contributed by atoms with van der Waals surface area (Å²) in [5.74, 6) is 0.0754. The van der Waals surface area contributed by atoms with Crippen LogP contribution in [-0.2, 0) is 13.2 Å². The summed E-state index contributed by atoms with van der Waals surface area (Å²) in [7, 11) is 0. The second-order valence-electron chi connectivity index (χ2n) is 7.20. The Morgan fingerprint density at radius 3 is 2.39 bits per heavy atom. The highest BCUT2D eigenvalue weighted by molar-refractivity contribution is 6.40. The third-order valence-corrected chi connectivity index (χ3v) is 5.67. The van der Waals surface area contributed by atoms with E-state index in [9.17, 15) is 4.79 Å². The Labute approximate surface area is 210 Å². The minimum absolute atomic E-state index is 0.180. The van der Waals surface area contributed by atoms with E-state index in [-0.39, 0.29) is 12.5 Å². The van der Waals surface area contributed by atoms with Crippen molar-refractivity contribution >= 4 is 58.0 Å². The van der Waals surface area contributed by atoms with Crippen LogP contribution >= 0.6 is 46.4 Å². The Kier molecular flexibility index (Phi) is 7.46. The molecule has 4 rings (SSSR count). The first-order chi connectivity index (χ1) is 15.9. The topological polar surface area (TPSA) is 56.2 Å². The number of amides is 1. The maximum absolute atomic E-state index is 12.7. The Morgan fingerprint density at radius 1 is 0.909 bits per heavy atom. The van der Waals surface area contributed by atoms with E-state index in [2.05, 4.69) is 10.4 Å². The third kappa shape index (κ3) is 6.21. The summed E-state index contributed by atoms with van der Waals surface area (Å²) in [5, 5.41) is 8.87. The zero-order valence-electron chi connectivity index (χ0n) is 17.1. The summed E-state index contributed by atoms with van der Waals surface area (Å²) in [5.41, 5.74) is 2.86. The molecule has 0 unspecified atom stereocenters. The molecule has 5 nitrogen and oxygen atoms in total. The van der Waals surface area contributed by atoms with Gasteiger partial charge in [0, 0.05) is 21.8 Å². The van der Waals surface area contributed by atoms with Crippen LogP contribution in [0.25, 0.3) is 0 Å². The van der Waals surface area contributed by atoms with Crippen LogP contribution in [0.2, 0.25) is 20.1 Å². The SMILES string of the molecule is O=C(Nc1cnn(Cc2cccc(Cl)c2)c1)c1cccc(COc2c(Cl)cc(Cl)cc2Cl)c1. The number of rotatable bonds is 7. The molecule has 0 aliphatic carbocycles. The second kappa shape index (κ2) is 10.5. The van der Waals surface area contributed by atoms with Gasteiger partial charge in [-0.2, -0.15) is 5.10 Å². The predicted molar refractivity (Wildman–Crippen MR) is 133 cm³/mol. The molecule has 0 saturated heterocycles. The van der Waals surface area contributed by atoms with E-state index in [1.54, 1.807) is 47.4 Å². The molecule has 0 bridgehead atoms. The Hall–Kier alpha value is -2.70. The summed E-state index contributed by atoms with van der Waals surface area (Å²) in [4.78, 5) is 12.7. The molecule has 0 spiro atoms. The number of hydrogen-bond donors (Lipinski definition) is 1. The fourth-order valence-electron chi connectivity index (χ4n) is 3.16. The van der Waals surface area contributed by atoms with Gasteiger partial charge in [-0.1, -0.05) is 70.7 Å². The lowest BCUT2D eigenvalue weighted by molar-refractivity contribution is 0.102. The van der Waals surface area contributed by atoms with Gasteiger partial charge in [0.25, 0.3) is 5.91 Å². The molecule has 3 aromatic carbocycles. The fraction of sp³-hybridized carbons (Fsp3) is 0.0833. The maximum atomic E-state index is 12.7. The summed E-state index contributed by atoms with van der Waals surface area (Å²) in [6.07, 6.45) is 3.36. The van der Waals surface area contributed by atoms with Crippen LogP contribution in [0.3, 0.4) is 0 Å². The monoisotopic (exact) mass is 519 g/mol. The second-order valence-corrected chi connectivity index (χ2v) is 8.89. The Balaban J connectivity index is 1.39. The van der Waals surface area contributed by atoms with Crippen LogP contribution < -0.4 is 10.1 Å². The molecule has 1 heterocycles. The lowest BCUT2D eigenvalue weighted by Crippen LogP contribution is -2.12. The summed E-state index contributed by atoms with van der Waals surface area (Å²) in [6.45, 7) is 0.721. The van der Waals surface area contributed by atoms with Crippen molar-refractivity contribution in [3.8, 4) is 5.75 Å². The first kappa shape index (κ1) is 23.5. The highest BCUT2D eigenvalue weighted by atomic mass is 35.5. The van der Waals surface area contributed by atoms with Crippen LogP contribution in [0.5, 0.6) is 5.75 Å². The highest BCUT2D eigenvalue weighted by Gasteiger charge is 2.12. The normalized spacial score (nSPS) is 10.8. The number of benzene rings is 3. The van der Waals surface area contributed by atoms with E-state index < -0.39 is 0 Å². The standard InChI is InChI=1S/C24H17Cl4N3O2/c25-18-6-2-3-15(8-18)12-31-13-20(11-29-31)30-24(32)17-5-1-4-16(7-17)14-33-23-21(27)9-19(26)10-22(23)28/h1-11,13H,12,14H2,(H,30,32). The van der Waals surface area contributed by atoms with Crippen molar-refractivity contribution < 1.29 is 9.53 Å². The average molecular weight is 521 g/mol. The Bertz CT molecular complexity index is 1280. The van der Waals surface area contributed by atoms with Crippen molar-refractivity contribution in [1.29, 1.82) is 0 Å². The van der Waals surface area contributed by atoms with Gasteiger partial charge in [-0.3, -0.25) is 9.48 Å². The molecule has 0 fully saturated rings. The van der Waals surface area contributed by atoms with Crippen LogP contribution in [0.15, 0.2) is 73.1 Å². The summed E-state index contributed by atoms with van der Waals surface area (Å²) >= 11 is 24.3. The first-order valence-electron chi connectivity index (χ1n) is 9.82. The molecule has 1 N–H and O–H groups in total. The minimum atomic E-state index is -0.262. The van der Waals surface area contributed by atoms with Crippen molar-refractivity contribution in [2.24, 2.45) is 0 Å². The van der Waals surface area contributed by atoms with Crippen LogP contribution in [-0.4, -0.2) is 15.7 Å². The van der Waals surface area contributed by atoms with Gasteiger partial charge in [-0.25, -0.2) is 0 Å². The Morgan fingerprint density at radius 2 is 1.64 bits per heavy atom. The zero-order chi connectivity index (χ0) is 23.4. The van der Waals surface area contributed by atoms with Crippen molar-refractivity contribution in [1.82, 2.24) is 9.78 Å². The lowest BCUT2D eigenvalue weighted by Gasteiger charge is -2.11. The molecular weight excluding hydrogens is 504 g/mol. The molecule has 33 heavy (non-hydrogen) atoms. The molecule has 0 aliphatic rings. The van der Waals surface area contributed by atoms with Crippen molar-refractivity contribution in [2.45, 2.75) is 13.2 Å². The fourth-order valence-corrected chi connectivity index (χ4v) is 4.30. The van der Waals surface area contributed by atoms with Crippen molar-refractivity contribution in [2.75, 3.05) is 5.32 Å². The molecular formula is C24H17Cl4N3O2. The van der Waals surface area contributed by atoms with E-state index in [0.717, 1.165) is 11.1 Å². The smallest absolute Gasteiger partial charge is 0.255 e. The largest absolute Gasteiger partial charge is 0.486 e. The van der Waals surface area contributed by atoms with E-state index in [0.29, 0.717) is 43.6 Å². The van der Waals surface area contributed by atoms with Crippen molar-refractivity contribution in [3.05, 3.63) is 110 Å². The number of aromatic nitrogens is 2. The molecule has 9 heteroatoms. The third-order valence-electron chi connectivity index (χ3n) is 4.66. The first-order valence-corrected chi connectivity index (χ1v) is 11.3. The van der Waals surface area contributed by atoms with E-state index in [4.69, 9.17) is 51.1 Å². The van der Waals surface area contributed by atoms with Crippen LogP contribution in [0.4, 0.5) is 5.69 Å². The van der Waals surface area contributed by atoms with Gasteiger partial charge in [-0.05, 0) is 47.5 Å². The lowest BCUT2D eigenvalue weighted by atomic mass is 10.1. The molecule has 0 aliphatic heterocycles. The molecule has 0 saturated carbocycles. The summed E-state index contributed by atoms with van der Waals surface area (Å²) < 4.78 is 7.48. The number of carbonyl (C=O) groups is 1. The van der Waals surface area contributed by atoms with Gasteiger partial charge in [0.15, 0.2) is 5.75 Å². The highest BCUT2D eigenvalue weighted by Crippen LogP contribution is 2.36. The number of carbonyl (C=O) groups excluding carboxylic acids is 1. The summed E-state index contributed by atoms with van der Waals surface area (Å²) in [6, 6.07) is 17.7. The molecule has 168 valence electrons. The van der Waals surface area contributed by atoms with E-state index >= 15 is 0 Å². The van der Waals surface area contributed by atoms with E-state index in [1.807, 2.05) is 30.3 Å². The molecule has 0 atom stereocenters. The predicted octanol–water partition coefficient (Wildman–Crippen LogP) is 7.38. The van der Waals surface area contributed by atoms with Gasteiger partial charge in [-0.15, -0.1) is 0 Å². The quantitative estimate of drug-likeness (QED) is 0.276. The van der Waals surface area contributed by atoms with Crippen molar-refractivity contribution in [3.63, 3.8) is 0 Å². The van der Waals surface area contributed by atoms with Gasteiger partial charge in [0.1, 0.15) is 6.61 Å².